The van der Waals surface area contributed by atoms with Crippen LogP contribution in [0.5, 0.6) is 0 Å². The van der Waals surface area contributed by atoms with Crippen LogP contribution < -0.4 is 0 Å². The number of rotatable bonds is 3. The van der Waals surface area contributed by atoms with Crippen molar-refractivity contribution >= 4 is 17.7 Å². The molecule has 2 nitrogen and oxygen atoms in total. The largest absolute Gasteiger partial charge is 0.342 e. The Labute approximate surface area is 126 Å². The second-order valence-electron chi connectivity index (χ2n) is 6.47. The molecule has 0 bridgehead atoms. The molecule has 0 aliphatic carbocycles. The third kappa shape index (κ3) is 4.55. The van der Waals surface area contributed by atoms with Crippen molar-refractivity contribution in [2.75, 3.05) is 18.8 Å². The first-order valence-electron chi connectivity index (χ1n) is 7.42. The van der Waals surface area contributed by atoms with Gasteiger partial charge in [0.05, 0.1) is 5.75 Å². The van der Waals surface area contributed by atoms with E-state index in [-0.39, 0.29) is 4.75 Å². The van der Waals surface area contributed by atoms with Crippen molar-refractivity contribution in [2.24, 2.45) is 0 Å². The number of carbonyl (C=O) groups is 1. The zero-order valence-electron chi connectivity index (χ0n) is 12.8. The van der Waals surface area contributed by atoms with Crippen LogP contribution in [0.15, 0.2) is 30.3 Å². The number of hydrogen-bond acceptors (Lipinski definition) is 2. The molecule has 2 rings (SSSR count). The van der Waals surface area contributed by atoms with Crippen molar-refractivity contribution in [3.05, 3.63) is 35.9 Å². The lowest BCUT2D eigenvalue weighted by Gasteiger charge is -2.32. The Morgan fingerprint density at radius 1 is 1.20 bits per heavy atom. The molecule has 0 aromatic heterocycles. The number of nitrogens with zero attached hydrogens (tertiary/aromatic N) is 1. The van der Waals surface area contributed by atoms with Crippen molar-refractivity contribution in [3.8, 4) is 0 Å². The Hall–Kier alpha value is -0.960. The SMILES string of the molecule is CC(C)(C)SCC(=O)N1CCC(c2ccccc2)CC1. The van der Waals surface area contributed by atoms with E-state index in [4.69, 9.17) is 0 Å². The summed E-state index contributed by atoms with van der Waals surface area (Å²) in [6.45, 7) is 8.29. The lowest BCUT2D eigenvalue weighted by atomic mass is 9.89. The smallest absolute Gasteiger partial charge is 0.232 e. The molecule has 1 aromatic rings. The first kappa shape index (κ1) is 15.4. The summed E-state index contributed by atoms with van der Waals surface area (Å²) in [5, 5.41) is 0. The van der Waals surface area contributed by atoms with Crippen LogP contribution in [0.4, 0.5) is 0 Å². The van der Waals surface area contributed by atoms with Gasteiger partial charge in [-0.1, -0.05) is 51.1 Å². The van der Waals surface area contributed by atoms with Crippen molar-refractivity contribution in [1.82, 2.24) is 4.90 Å². The molecule has 1 aliphatic rings. The molecular formula is C17H25NOS. The molecule has 0 saturated carbocycles. The van der Waals surface area contributed by atoms with Crippen molar-refractivity contribution in [3.63, 3.8) is 0 Å². The van der Waals surface area contributed by atoms with Gasteiger partial charge >= 0.3 is 0 Å². The van der Waals surface area contributed by atoms with E-state index in [0.29, 0.717) is 17.6 Å². The van der Waals surface area contributed by atoms with Gasteiger partial charge in [0, 0.05) is 17.8 Å². The molecule has 1 amide bonds. The van der Waals surface area contributed by atoms with Crippen molar-refractivity contribution < 1.29 is 4.79 Å². The molecule has 0 N–H and O–H groups in total. The van der Waals surface area contributed by atoms with E-state index < -0.39 is 0 Å². The van der Waals surface area contributed by atoms with E-state index in [2.05, 4.69) is 51.1 Å². The summed E-state index contributed by atoms with van der Waals surface area (Å²) in [5.74, 6) is 1.53. The molecule has 1 heterocycles. The zero-order valence-corrected chi connectivity index (χ0v) is 13.6. The highest BCUT2D eigenvalue weighted by molar-refractivity contribution is 8.01. The van der Waals surface area contributed by atoms with Gasteiger partial charge in [0.15, 0.2) is 0 Å². The standard InChI is InChI=1S/C17H25NOS/c1-17(2,3)20-13-16(19)18-11-9-15(10-12-18)14-7-5-4-6-8-14/h4-8,15H,9-13H2,1-3H3. The highest BCUT2D eigenvalue weighted by Crippen LogP contribution is 2.29. The number of amides is 1. The average molecular weight is 291 g/mol. The van der Waals surface area contributed by atoms with Gasteiger partial charge in [-0.2, -0.15) is 0 Å². The number of likely N-dealkylation sites (tertiary alicyclic amines) is 1. The van der Waals surface area contributed by atoms with Gasteiger partial charge in [-0.15, -0.1) is 11.8 Å². The Bertz CT molecular complexity index is 430. The molecule has 0 atom stereocenters. The average Bonchev–Trinajstić information content (AvgIpc) is 2.45. The third-order valence-corrected chi connectivity index (χ3v) is 5.00. The number of piperidine rings is 1. The van der Waals surface area contributed by atoms with Gasteiger partial charge < -0.3 is 4.90 Å². The Balaban J connectivity index is 1.81. The van der Waals surface area contributed by atoms with Crippen molar-refractivity contribution in [1.29, 1.82) is 0 Å². The molecule has 0 unspecified atom stereocenters. The molecule has 0 radical (unpaired) electrons. The molecule has 1 aromatic carbocycles. The van der Waals surface area contributed by atoms with Gasteiger partial charge in [0.2, 0.25) is 5.91 Å². The van der Waals surface area contributed by atoms with Crippen LogP contribution in [-0.4, -0.2) is 34.4 Å². The Kier molecular flexibility index (Phi) is 5.14. The van der Waals surface area contributed by atoms with Gasteiger partial charge in [-0.05, 0) is 24.3 Å². The van der Waals surface area contributed by atoms with Crippen molar-refractivity contribution in [2.45, 2.75) is 44.3 Å². The van der Waals surface area contributed by atoms with E-state index >= 15 is 0 Å². The maximum atomic E-state index is 12.2. The Morgan fingerprint density at radius 3 is 2.35 bits per heavy atom. The molecule has 3 heteroatoms. The summed E-state index contributed by atoms with van der Waals surface area (Å²) in [7, 11) is 0. The number of hydrogen-bond donors (Lipinski definition) is 0. The predicted octanol–water partition coefficient (Wildman–Crippen LogP) is 3.92. The maximum absolute atomic E-state index is 12.2. The summed E-state index contributed by atoms with van der Waals surface area (Å²) >= 11 is 1.74. The fourth-order valence-electron chi connectivity index (χ4n) is 2.56. The second-order valence-corrected chi connectivity index (χ2v) is 8.27. The molecule has 1 saturated heterocycles. The maximum Gasteiger partial charge on any atom is 0.232 e. The Morgan fingerprint density at radius 2 is 1.80 bits per heavy atom. The van der Waals surface area contributed by atoms with Gasteiger partial charge in [0.25, 0.3) is 0 Å². The van der Waals surface area contributed by atoms with Crippen LogP contribution >= 0.6 is 11.8 Å². The fraction of sp³-hybridized carbons (Fsp3) is 0.588. The van der Waals surface area contributed by atoms with Gasteiger partial charge in [-0.25, -0.2) is 0 Å². The van der Waals surface area contributed by atoms with Gasteiger partial charge in [-0.3, -0.25) is 4.79 Å². The normalized spacial score (nSPS) is 17.2. The molecule has 20 heavy (non-hydrogen) atoms. The van der Waals surface area contributed by atoms with Crippen LogP contribution in [0.3, 0.4) is 0 Å². The minimum Gasteiger partial charge on any atom is -0.342 e. The monoisotopic (exact) mass is 291 g/mol. The molecular weight excluding hydrogens is 266 g/mol. The molecule has 1 aliphatic heterocycles. The van der Waals surface area contributed by atoms with E-state index in [1.807, 2.05) is 4.90 Å². The number of benzene rings is 1. The summed E-state index contributed by atoms with van der Waals surface area (Å²) in [6, 6.07) is 10.7. The third-order valence-electron chi connectivity index (χ3n) is 3.75. The number of thioether (sulfide) groups is 1. The zero-order chi connectivity index (χ0) is 14.6. The summed E-state index contributed by atoms with van der Waals surface area (Å²) in [4.78, 5) is 14.2. The van der Waals surface area contributed by atoms with Crippen LogP contribution in [0, 0.1) is 0 Å². The summed E-state index contributed by atoms with van der Waals surface area (Å²) < 4.78 is 0.165. The van der Waals surface area contributed by atoms with E-state index in [1.165, 1.54) is 5.56 Å². The van der Waals surface area contributed by atoms with Gasteiger partial charge in [0.1, 0.15) is 0 Å². The van der Waals surface area contributed by atoms with Crippen LogP contribution in [-0.2, 0) is 4.79 Å². The molecule has 0 spiro atoms. The van der Waals surface area contributed by atoms with Crippen LogP contribution in [0.2, 0.25) is 0 Å². The first-order valence-corrected chi connectivity index (χ1v) is 8.41. The highest BCUT2D eigenvalue weighted by Gasteiger charge is 2.24. The predicted molar refractivity (Wildman–Crippen MR) is 87.2 cm³/mol. The van der Waals surface area contributed by atoms with E-state index in [9.17, 15) is 4.79 Å². The highest BCUT2D eigenvalue weighted by atomic mass is 32.2. The fourth-order valence-corrected chi connectivity index (χ4v) is 3.30. The second kappa shape index (κ2) is 6.66. The lowest BCUT2D eigenvalue weighted by molar-refractivity contribution is -0.129. The van der Waals surface area contributed by atoms with E-state index in [1.54, 1.807) is 11.8 Å². The summed E-state index contributed by atoms with van der Waals surface area (Å²) in [5.41, 5.74) is 1.42. The topological polar surface area (TPSA) is 20.3 Å². The molecule has 110 valence electrons. The minimum atomic E-state index is 0.165. The van der Waals surface area contributed by atoms with Crippen LogP contribution in [0.25, 0.3) is 0 Å². The number of carbonyl (C=O) groups excluding carboxylic acids is 1. The van der Waals surface area contributed by atoms with E-state index in [0.717, 1.165) is 25.9 Å². The lowest BCUT2D eigenvalue weighted by Crippen LogP contribution is -2.39. The minimum absolute atomic E-state index is 0.165. The first-order chi connectivity index (χ1) is 9.46. The summed E-state index contributed by atoms with van der Waals surface area (Å²) in [6.07, 6.45) is 2.19. The quantitative estimate of drug-likeness (QED) is 0.841. The molecule has 1 fully saturated rings. The van der Waals surface area contributed by atoms with Crippen LogP contribution in [0.1, 0.15) is 45.1 Å².